The smallest absolute Gasteiger partial charge is 0.251 e. The molecule has 1 aromatic carbocycles. The standard InChI is InChI=1S/C14H20N2O3/c1-18-11-5-10(6-12(7-11)19-2)14(17)16-8-13(15)9-3-4-9/h5-7,9,13H,3-4,8,15H2,1-2H3,(H,16,17). The second-order valence-corrected chi connectivity index (χ2v) is 4.81. The molecule has 1 fully saturated rings. The van der Waals surface area contributed by atoms with E-state index in [1.165, 1.54) is 12.8 Å². The molecule has 1 unspecified atom stereocenters. The Hall–Kier alpha value is -1.75. The molecule has 1 aliphatic carbocycles. The van der Waals surface area contributed by atoms with Crippen molar-refractivity contribution in [3.05, 3.63) is 23.8 Å². The number of benzene rings is 1. The van der Waals surface area contributed by atoms with Gasteiger partial charge >= 0.3 is 0 Å². The summed E-state index contributed by atoms with van der Waals surface area (Å²) in [4.78, 5) is 12.1. The zero-order valence-corrected chi connectivity index (χ0v) is 11.3. The average molecular weight is 264 g/mol. The summed E-state index contributed by atoms with van der Waals surface area (Å²) in [5, 5.41) is 2.85. The Bertz CT molecular complexity index is 436. The van der Waals surface area contributed by atoms with E-state index in [1.54, 1.807) is 32.4 Å². The Labute approximate surface area is 113 Å². The third-order valence-electron chi connectivity index (χ3n) is 3.34. The Morgan fingerprint density at radius 3 is 2.37 bits per heavy atom. The van der Waals surface area contributed by atoms with Crippen LogP contribution in [-0.4, -0.2) is 32.7 Å². The highest BCUT2D eigenvalue weighted by Gasteiger charge is 2.28. The van der Waals surface area contributed by atoms with E-state index in [0.717, 1.165) is 0 Å². The molecule has 1 aromatic rings. The first kappa shape index (κ1) is 13.7. The fourth-order valence-corrected chi connectivity index (χ4v) is 1.94. The predicted octanol–water partition coefficient (Wildman–Crippen LogP) is 1.17. The first-order valence-electron chi connectivity index (χ1n) is 6.41. The molecule has 0 aromatic heterocycles. The molecule has 0 aliphatic heterocycles. The zero-order valence-electron chi connectivity index (χ0n) is 11.3. The fourth-order valence-electron chi connectivity index (χ4n) is 1.94. The van der Waals surface area contributed by atoms with E-state index < -0.39 is 0 Å². The lowest BCUT2D eigenvalue weighted by molar-refractivity contribution is 0.0949. The van der Waals surface area contributed by atoms with E-state index in [1.807, 2.05) is 0 Å². The third-order valence-corrected chi connectivity index (χ3v) is 3.34. The maximum Gasteiger partial charge on any atom is 0.251 e. The minimum absolute atomic E-state index is 0.0523. The van der Waals surface area contributed by atoms with Crippen molar-refractivity contribution in [2.75, 3.05) is 20.8 Å². The normalized spacial score (nSPS) is 15.7. The van der Waals surface area contributed by atoms with Gasteiger partial charge in [-0.1, -0.05) is 0 Å². The van der Waals surface area contributed by atoms with E-state index in [2.05, 4.69) is 5.32 Å². The SMILES string of the molecule is COc1cc(OC)cc(C(=O)NCC(N)C2CC2)c1. The summed E-state index contributed by atoms with van der Waals surface area (Å²) in [6.45, 7) is 0.503. The van der Waals surface area contributed by atoms with Gasteiger partial charge in [-0.15, -0.1) is 0 Å². The molecule has 1 aliphatic rings. The molecule has 0 spiro atoms. The molecule has 0 bridgehead atoms. The summed E-state index contributed by atoms with van der Waals surface area (Å²) in [5.41, 5.74) is 6.47. The number of hydrogen-bond acceptors (Lipinski definition) is 4. The van der Waals surface area contributed by atoms with Crippen molar-refractivity contribution in [1.29, 1.82) is 0 Å². The van der Waals surface area contributed by atoms with Crippen LogP contribution < -0.4 is 20.5 Å². The van der Waals surface area contributed by atoms with Crippen LogP contribution in [0.15, 0.2) is 18.2 Å². The molecule has 1 atom stereocenters. The van der Waals surface area contributed by atoms with Crippen LogP contribution in [0.3, 0.4) is 0 Å². The molecule has 1 saturated carbocycles. The Kier molecular flexibility index (Phi) is 4.27. The minimum Gasteiger partial charge on any atom is -0.497 e. The molecule has 3 N–H and O–H groups in total. The van der Waals surface area contributed by atoms with Gasteiger partial charge in [-0.3, -0.25) is 4.79 Å². The van der Waals surface area contributed by atoms with Gasteiger partial charge < -0.3 is 20.5 Å². The molecule has 5 heteroatoms. The van der Waals surface area contributed by atoms with E-state index >= 15 is 0 Å². The largest absolute Gasteiger partial charge is 0.497 e. The number of rotatable bonds is 6. The zero-order chi connectivity index (χ0) is 13.8. The maximum atomic E-state index is 12.1. The Morgan fingerprint density at radius 2 is 1.89 bits per heavy atom. The monoisotopic (exact) mass is 264 g/mol. The van der Waals surface area contributed by atoms with Crippen molar-refractivity contribution in [2.45, 2.75) is 18.9 Å². The lowest BCUT2D eigenvalue weighted by atomic mass is 10.1. The van der Waals surface area contributed by atoms with Gasteiger partial charge in [-0.2, -0.15) is 0 Å². The third kappa shape index (κ3) is 3.61. The van der Waals surface area contributed by atoms with Gasteiger partial charge in [0.25, 0.3) is 5.91 Å². The van der Waals surface area contributed by atoms with Gasteiger partial charge in [0.1, 0.15) is 11.5 Å². The van der Waals surface area contributed by atoms with Gasteiger partial charge in [-0.25, -0.2) is 0 Å². The molecular weight excluding hydrogens is 244 g/mol. The second kappa shape index (κ2) is 5.93. The number of nitrogens with two attached hydrogens (primary N) is 1. The Balaban J connectivity index is 2.00. The quantitative estimate of drug-likeness (QED) is 0.809. The predicted molar refractivity (Wildman–Crippen MR) is 72.6 cm³/mol. The minimum atomic E-state index is -0.159. The van der Waals surface area contributed by atoms with Crippen molar-refractivity contribution in [1.82, 2.24) is 5.32 Å². The van der Waals surface area contributed by atoms with Crippen LogP contribution in [0.1, 0.15) is 23.2 Å². The van der Waals surface area contributed by atoms with Gasteiger partial charge in [-0.05, 0) is 30.9 Å². The van der Waals surface area contributed by atoms with Gasteiger partial charge in [0.2, 0.25) is 0 Å². The first-order chi connectivity index (χ1) is 9.13. The number of nitrogens with one attached hydrogen (secondary N) is 1. The molecule has 19 heavy (non-hydrogen) atoms. The number of carbonyl (C=O) groups excluding carboxylic acids is 1. The molecule has 0 radical (unpaired) electrons. The molecule has 2 rings (SSSR count). The molecule has 0 heterocycles. The van der Waals surface area contributed by atoms with Crippen molar-refractivity contribution in [2.24, 2.45) is 11.7 Å². The number of carbonyl (C=O) groups is 1. The summed E-state index contributed by atoms with van der Waals surface area (Å²) < 4.78 is 10.3. The first-order valence-corrected chi connectivity index (χ1v) is 6.41. The van der Waals surface area contributed by atoms with Gasteiger partial charge in [0.05, 0.1) is 14.2 Å². The summed E-state index contributed by atoms with van der Waals surface area (Å²) in [6, 6.07) is 5.14. The van der Waals surface area contributed by atoms with Crippen molar-refractivity contribution in [3.8, 4) is 11.5 Å². The van der Waals surface area contributed by atoms with E-state index in [0.29, 0.717) is 29.5 Å². The van der Waals surface area contributed by atoms with Crippen LogP contribution in [0, 0.1) is 5.92 Å². The second-order valence-electron chi connectivity index (χ2n) is 4.81. The van der Waals surface area contributed by atoms with Gasteiger partial charge in [0.15, 0.2) is 0 Å². The van der Waals surface area contributed by atoms with E-state index in [-0.39, 0.29) is 11.9 Å². The van der Waals surface area contributed by atoms with Gasteiger partial charge in [0, 0.05) is 24.2 Å². The van der Waals surface area contributed by atoms with Crippen LogP contribution in [0.25, 0.3) is 0 Å². The molecule has 104 valence electrons. The van der Waals surface area contributed by atoms with Crippen LogP contribution in [0.4, 0.5) is 0 Å². The fraction of sp³-hybridized carbons (Fsp3) is 0.500. The number of hydrogen-bond donors (Lipinski definition) is 2. The lowest BCUT2D eigenvalue weighted by Crippen LogP contribution is -2.38. The molecule has 1 amide bonds. The van der Waals surface area contributed by atoms with Crippen molar-refractivity contribution >= 4 is 5.91 Å². The topological polar surface area (TPSA) is 73.6 Å². The molecule has 0 saturated heterocycles. The van der Waals surface area contributed by atoms with Crippen molar-refractivity contribution in [3.63, 3.8) is 0 Å². The van der Waals surface area contributed by atoms with Crippen LogP contribution in [0.5, 0.6) is 11.5 Å². The van der Waals surface area contributed by atoms with Crippen LogP contribution >= 0.6 is 0 Å². The average Bonchev–Trinajstić information content (AvgIpc) is 3.28. The number of amides is 1. The van der Waals surface area contributed by atoms with E-state index in [4.69, 9.17) is 15.2 Å². The highest BCUT2D eigenvalue weighted by atomic mass is 16.5. The van der Waals surface area contributed by atoms with Crippen molar-refractivity contribution < 1.29 is 14.3 Å². The summed E-state index contributed by atoms with van der Waals surface area (Å²) in [7, 11) is 3.11. The Morgan fingerprint density at radius 1 is 1.32 bits per heavy atom. The number of ether oxygens (including phenoxy) is 2. The highest BCUT2D eigenvalue weighted by Crippen LogP contribution is 2.31. The van der Waals surface area contributed by atoms with Crippen LogP contribution in [-0.2, 0) is 0 Å². The van der Waals surface area contributed by atoms with E-state index in [9.17, 15) is 4.79 Å². The summed E-state index contributed by atoms with van der Waals surface area (Å²) in [6.07, 6.45) is 2.34. The van der Waals surface area contributed by atoms with Crippen LogP contribution in [0.2, 0.25) is 0 Å². The lowest BCUT2D eigenvalue weighted by Gasteiger charge is -2.12. The maximum absolute atomic E-state index is 12.1. The highest BCUT2D eigenvalue weighted by molar-refractivity contribution is 5.95. The molecular formula is C14H20N2O3. The summed E-state index contributed by atoms with van der Waals surface area (Å²) in [5.74, 6) is 1.60. The number of methoxy groups -OCH3 is 2. The molecule has 5 nitrogen and oxygen atoms in total. The summed E-state index contributed by atoms with van der Waals surface area (Å²) >= 11 is 0.